The smallest absolute Gasteiger partial charge is 0.230 e. The summed E-state index contributed by atoms with van der Waals surface area (Å²) < 4.78 is 0. The van der Waals surface area contributed by atoms with Crippen molar-refractivity contribution >= 4 is 16.8 Å². The number of rotatable bonds is 3. The highest BCUT2D eigenvalue weighted by Gasteiger charge is 2.16. The molecular formula is C11H9ClO. The Morgan fingerprint density at radius 1 is 1.46 bits per heavy atom. The number of hydrogen-bond acceptors (Lipinski definition) is 1. The Balaban J connectivity index is 2.90. The SMILES string of the molecule is C#CCC(C(=O)Cl)c1ccccc1. The molecule has 0 saturated heterocycles. The molecule has 0 radical (unpaired) electrons. The van der Waals surface area contributed by atoms with Gasteiger partial charge in [0.25, 0.3) is 0 Å². The maximum absolute atomic E-state index is 11.0. The Morgan fingerprint density at radius 3 is 2.54 bits per heavy atom. The van der Waals surface area contributed by atoms with Crippen LogP contribution in [0, 0.1) is 12.3 Å². The maximum Gasteiger partial charge on any atom is 0.230 e. The summed E-state index contributed by atoms with van der Waals surface area (Å²) in [5.74, 6) is 2.07. The quantitative estimate of drug-likeness (QED) is 0.532. The van der Waals surface area contributed by atoms with Crippen molar-refractivity contribution in [3.05, 3.63) is 35.9 Å². The Morgan fingerprint density at radius 2 is 2.08 bits per heavy atom. The fraction of sp³-hybridized carbons (Fsp3) is 0.182. The molecule has 0 aliphatic carbocycles. The van der Waals surface area contributed by atoms with Crippen molar-refractivity contribution in [3.8, 4) is 12.3 Å². The van der Waals surface area contributed by atoms with E-state index < -0.39 is 5.24 Å². The standard InChI is InChI=1S/C11H9ClO/c1-2-6-10(11(12)13)9-7-4-3-5-8-9/h1,3-5,7-8,10H,6H2. The van der Waals surface area contributed by atoms with Gasteiger partial charge < -0.3 is 0 Å². The fourth-order valence-corrected chi connectivity index (χ4v) is 1.34. The lowest BCUT2D eigenvalue weighted by Gasteiger charge is -2.08. The summed E-state index contributed by atoms with van der Waals surface area (Å²) in [6, 6.07) is 9.30. The van der Waals surface area contributed by atoms with E-state index in [1.54, 1.807) is 0 Å². The molecule has 0 saturated carbocycles. The van der Waals surface area contributed by atoms with Crippen molar-refractivity contribution < 1.29 is 4.79 Å². The van der Waals surface area contributed by atoms with Gasteiger partial charge in [-0.3, -0.25) is 4.79 Å². The van der Waals surface area contributed by atoms with Crippen LogP contribution >= 0.6 is 11.6 Å². The zero-order valence-electron chi connectivity index (χ0n) is 7.03. The molecule has 0 bridgehead atoms. The molecule has 0 aliphatic heterocycles. The molecular weight excluding hydrogens is 184 g/mol. The molecule has 13 heavy (non-hydrogen) atoms. The second kappa shape index (κ2) is 4.69. The van der Waals surface area contributed by atoms with Crippen LogP contribution in [0.3, 0.4) is 0 Å². The van der Waals surface area contributed by atoms with E-state index in [4.69, 9.17) is 18.0 Å². The molecule has 1 aromatic carbocycles. The van der Waals surface area contributed by atoms with Gasteiger partial charge in [-0.1, -0.05) is 30.3 Å². The van der Waals surface area contributed by atoms with Crippen LogP contribution in [-0.2, 0) is 4.79 Å². The summed E-state index contributed by atoms with van der Waals surface area (Å²) in [5.41, 5.74) is 0.875. The zero-order chi connectivity index (χ0) is 9.68. The monoisotopic (exact) mass is 192 g/mol. The molecule has 66 valence electrons. The van der Waals surface area contributed by atoms with Crippen LogP contribution < -0.4 is 0 Å². The Labute approximate surface area is 82.7 Å². The molecule has 1 nitrogen and oxygen atoms in total. The fourth-order valence-electron chi connectivity index (χ4n) is 1.13. The van der Waals surface area contributed by atoms with Crippen molar-refractivity contribution in [3.63, 3.8) is 0 Å². The minimum Gasteiger partial charge on any atom is -0.281 e. The average molecular weight is 193 g/mol. The molecule has 0 aliphatic rings. The van der Waals surface area contributed by atoms with Gasteiger partial charge in [0.05, 0.1) is 5.92 Å². The third kappa shape index (κ3) is 2.61. The van der Waals surface area contributed by atoms with Crippen LogP contribution in [0.4, 0.5) is 0 Å². The van der Waals surface area contributed by atoms with Gasteiger partial charge in [-0.05, 0) is 17.2 Å². The highest BCUT2D eigenvalue weighted by molar-refractivity contribution is 6.64. The van der Waals surface area contributed by atoms with Gasteiger partial charge in [-0.25, -0.2) is 0 Å². The van der Waals surface area contributed by atoms with Crippen molar-refractivity contribution in [2.75, 3.05) is 0 Å². The van der Waals surface area contributed by atoms with Crippen LogP contribution in [0.15, 0.2) is 30.3 Å². The molecule has 0 aromatic heterocycles. The van der Waals surface area contributed by atoms with E-state index in [9.17, 15) is 4.79 Å². The summed E-state index contributed by atoms with van der Waals surface area (Å²) in [6.45, 7) is 0. The lowest BCUT2D eigenvalue weighted by atomic mass is 9.98. The first-order valence-electron chi connectivity index (χ1n) is 3.93. The third-order valence-electron chi connectivity index (χ3n) is 1.80. The predicted molar refractivity (Wildman–Crippen MR) is 53.5 cm³/mol. The van der Waals surface area contributed by atoms with E-state index in [1.807, 2.05) is 30.3 Å². The molecule has 1 atom stereocenters. The highest BCUT2D eigenvalue weighted by atomic mass is 35.5. The number of terminal acetylenes is 1. The molecule has 0 N–H and O–H groups in total. The van der Waals surface area contributed by atoms with Gasteiger partial charge in [0, 0.05) is 6.42 Å². The van der Waals surface area contributed by atoms with Gasteiger partial charge in [0.15, 0.2) is 0 Å². The molecule has 1 unspecified atom stereocenters. The summed E-state index contributed by atoms with van der Waals surface area (Å²) in [7, 11) is 0. The molecule has 0 amide bonds. The van der Waals surface area contributed by atoms with Gasteiger partial charge >= 0.3 is 0 Å². The van der Waals surface area contributed by atoms with Crippen LogP contribution in [0.25, 0.3) is 0 Å². The lowest BCUT2D eigenvalue weighted by molar-refractivity contribution is -0.112. The van der Waals surface area contributed by atoms with Crippen molar-refractivity contribution in [1.29, 1.82) is 0 Å². The number of halogens is 1. The third-order valence-corrected chi connectivity index (χ3v) is 2.06. The van der Waals surface area contributed by atoms with Crippen LogP contribution in [0.5, 0.6) is 0 Å². The summed E-state index contributed by atoms with van der Waals surface area (Å²) in [5, 5.41) is -0.399. The molecule has 1 rings (SSSR count). The second-order valence-electron chi connectivity index (χ2n) is 2.68. The van der Waals surface area contributed by atoms with E-state index in [0.717, 1.165) is 5.56 Å². The predicted octanol–water partition coefficient (Wildman–Crippen LogP) is 2.56. The average Bonchev–Trinajstić information content (AvgIpc) is 2.15. The minimum atomic E-state index is -0.399. The largest absolute Gasteiger partial charge is 0.281 e. The van der Waals surface area contributed by atoms with Gasteiger partial charge in [-0.2, -0.15) is 0 Å². The molecule has 0 fully saturated rings. The van der Waals surface area contributed by atoms with Crippen LogP contribution in [-0.4, -0.2) is 5.24 Å². The minimum absolute atomic E-state index is 0.354. The van der Waals surface area contributed by atoms with Gasteiger partial charge in [-0.15, -0.1) is 12.3 Å². The second-order valence-corrected chi connectivity index (χ2v) is 3.05. The van der Waals surface area contributed by atoms with E-state index in [1.165, 1.54) is 0 Å². The molecule has 0 spiro atoms. The van der Waals surface area contributed by atoms with Gasteiger partial charge in [0.2, 0.25) is 5.24 Å². The molecule has 2 heteroatoms. The van der Waals surface area contributed by atoms with E-state index in [-0.39, 0.29) is 5.92 Å². The van der Waals surface area contributed by atoms with Crippen molar-refractivity contribution in [1.82, 2.24) is 0 Å². The first-order valence-corrected chi connectivity index (χ1v) is 4.31. The van der Waals surface area contributed by atoms with Crippen LogP contribution in [0.2, 0.25) is 0 Å². The zero-order valence-corrected chi connectivity index (χ0v) is 7.79. The maximum atomic E-state index is 11.0. The summed E-state index contributed by atoms with van der Waals surface area (Å²) in [6.07, 6.45) is 5.50. The number of benzene rings is 1. The first-order chi connectivity index (χ1) is 6.25. The lowest BCUT2D eigenvalue weighted by Crippen LogP contribution is -2.05. The topological polar surface area (TPSA) is 17.1 Å². The van der Waals surface area contributed by atoms with E-state index in [2.05, 4.69) is 5.92 Å². The Kier molecular flexibility index (Phi) is 3.54. The number of carbonyl (C=O) groups is 1. The van der Waals surface area contributed by atoms with Crippen molar-refractivity contribution in [2.24, 2.45) is 0 Å². The summed E-state index contributed by atoms with van der Waals surface area (Å²) >= 11 is 5.42. The Hall–Kier alpha value is -1.26. The summed E-state index contributed by atoms with van der Waals surface area (Å²) in [4.78, 5) is 11.0. The normalized spacial score (nSPS) is 11.7. The van der Waals surface area contributed by atoms with Crippen LogP contribution in [0.1, 0.15) is 17.9 Å². The number of carbonyl (C=O) groups excluding carboxylic acids is 1. The highest BCUT2D eigenvalue weighted by Crippen LogP contribution is 2.21. The molecule has 0 heterocycles. The Bertz CT molecular complexity index is 324. The van der Waals surface area contributed by atoms with E-state index in [0.29, 0.717) is 6.42 Å². The van der Waals surface area contributed by atoms with Crippen molar-refractivity contribution in [2.45, 2.75) is 12.3 Å². The number of hydrogen-bond donors (Lipinski definition) is 0. The molecule has 1 aromatic rings. The first kappa shape index (κ1) is 9.83. The van der Waals surface area contributed by atoms with Gasteiger partial charge in [0.1, 0.15) is 0 Å². The van der Waals surface area contributed by atoms with E-state index >= 15 is 0 Å².